The first-order valence-corrected chi connectivity index (χ1v) is 9.78. The molecule has 4 rings (SSSR count). The molecule has 152 valence electrons. The molecule has 1 aromatic carbocycles. The molecule has 29 heavy (non-hydrogen) atoms. The minimum atomic E-state index is -0.289. The molecule has 1 unspecified atom stereocenters. The average molecular weight is 395 g/mol. The summed E-state index contributed by atoms with van der Waals surface area (Å²) in [6.07, 6.45) is 1.27. The molecule has 1 saturated heterocycles. The Morgan fingerprint density at radius 2 is 2.10 bits per heavy atom. The van der Waals surface area contributed by atoms with Gasteiger partial charge in [-0.2, -0.15) is 14.6 Å². The SMILES string of the molecule is Cc1cc(C2CN(C(=O)c3ccc(OC(C)C)c(C)c3)CCO2)n2ncnc2n1. The maximum absolute atomic E-state index is 13.1. The second kappa shape index (κ2) is 7.79. The van der Waals surface area contributed by atoms with Gasteiger partial charge >= 0.3 is 0 Å². The maximum atomic E-state index is 13.1. The van der Waals surface area contributed by atoms with E-state index in [1.54, 1.807) is 4.52 Å². The molecule has 8 nitrogen and oxygen atoms in total. The van der Waals surface area contributed by atoms with E-state index in [-0.39, 0.29) is 18.1 Å². The molecular weight excluding hydrogens is 370 g/mol. The molecule has 0 bridgehead atoms. The lowest BCUT2D eigenvalue weighted by atomic mass is 10.1. The summed E-state index contributed by atoms with van der Waals surface area (Å²) < 4.78 is 13.4. The molecule has 0 aliphatic carbocycles. The van der Waals surface area contributed by atoms with Gasteiger partial charge in [-0.25, -0.2) is 4.98 Å². The summed E-state index contributed by atoms with van der Waals surface area (Å²) in [5.41, 5.74) is 3.28. The summed E-state index contributed by atoms with van der Waals surface area (Å²) in [4.78, 5) is 23.5. The van der Waals surface area contributed by atoms with Gasteiger partial charge in [0.2, 0.25) is 0 Å². The van der Waals surface area contributed by atoms with Gasteiger partial charge in [0.15, 0.2) is 0 Å². The van der Waals surface area contributed by atoms with Crippen molar-refractivity contribution in [3.63, 3.8) is 0 Å². The highest BCUT2D eigenvalue weighted by atomic mass is 16.5. The minimum Gasteiger partial charge on any atom is -0.491 e. The first-order chi connectivity index (χ1) is 13.9. The fourth-order valence-corrected chi connectivity index (χ4v) is 3.55. The Balaban J connectivity index is 1.56. The molecule has 0 spiro atoms. The van der Waals surface area contributed by atoms with Crippen molar-refractivity contribution >= 4 is 11.7 Å². The average Bonchev–Trinajstić information content (AvgIpc) is 3.16. The Morgan fingerprint density at radius 3 is 2.86 bits per heavy atom. The van der Waals surface area contributed by atoms with Crippen LogP contribution in [0.2, 0.25) is 0 Å². The van der Waals surface area contributed by atoms with Crippen LogP contribution in [0.1, 0.15) is 47.3 Å². The van der Waals surface area contributed by atoms with Gasteiger partial charge < -0.3 is 14.4 Å². The number of ether oxygens (including phenoxy) is 2. The van der Waals surface area contributed by atoms with Crippen LogP contribution < -0.4 is 4.74 Å². The van der Waals surface area contributed by atoms with Crippen molar-refractivity contribution in [1.29, 1.82) is 0 Å². The lowest BCUT2D eigenvalue weighted by molar-refractivity contribution is -0.0257. The van der Waals surface area contributed by atoms with Crippen molar-refractivity contribution in [1.82, 2.24) is 24.5 Å². The van der Waals surface area contributed by atoms with E-state index in [1.807, 2.05) is 56.9 Å². The van der Waals surface area contributed by atoms with E-state index in [0.29, 0.717) is 31.0 Å². The molecule has 3 heterocycles. The van der Waals surface area contributed by atoms with Crippen molar-refractivity contribution in [3.8, 4) is 5.75 Å². The fraction of sp³-hybridized carbons (Fsp3) is 0.429. The monoisotopic (exact) mass is 395 g/mol. The number of hydrogen-bond donors (Lipinski definition) is 0. The fourth-order valence-electron chi connectivity index (χ4n) is 3.55. The summed E-state index contributed by atoms with van der Waals surface area (Å²) in [6, 6.07) is 7.51. The van der Waals surface area contributed by atoms with Gasteiger partial charge in [-0.05, 0) is 57.5 Å². The van der Waals surface area contributed by atoms with Crippen LogP contribution in [0.15, 0.2) is 30.6 Å². The van der Waals surface area contributed by atoms with Gasteiger partial charge in [0.1, 0.15) is 18.2 Å². The summed E-state index contributed by atoms with van der Waals surface area (Å²) in [6.45, 7) is 9.29. The Bertz CT molecular complexity index is 1050. The van der Waals surface area contributed by atoms with Crippen LogP contribution >= 0.6 is 0 Å². The van der Waals surface area contributed by atoms with Gasteiger partial charge in [-0.15, -0.1) is 0 Å². The van der Waals surface area contributed by atoms with Crippen LogP contribution in [0.3, 0.4) is 0 Å². The van der Waals surface area contributed by atoms with Crippen molar-refractivity contribution in [2.45, 2.75) is 39.9 Å². The number of amides is 1. The molecular formula is C21H25N5O3. The first kappa shape index (κ1) is 19.3. The molecule has 1 fully saturated rings. The number of fused-ring (bicyclic) bond motifs is 1. The third kappa shape index (κ3) is 3.93. The van der Waals surface area contributed by atoms with E-state index in [4.69, 9.17) is 9.47 Å². The van der Waals surface area contributed by atoms with Crippen LogP contribution in [0.5, 0.6) is 5.75 Å². The Morgan fingerprint density at radius 1 is 1.28 bits per heavy atom. The van der Waals surface area contributed by atoms with E-state index >= 15 is 0 Å². The van der Waals surface area contributed by atoms with Crippen LogP contribution in [0.25, 0.3) is 5.78 Å². The zero-order chi connectivity index (χ0) is 20.5. The number of benzene rings is 1. The lowest BCUT2D eigenvalue weighted by Gasteiger charge is -2.33. The molecule has 1 aliphatic heterocycles. The van der Waals surface area contributed by atoms with Gasteiger partial charge in [0.25, 0.3) is 11.7 Å². The van der Waals surface area contributed by atoms with E-state index in [9.17, 15) is 4.79 Å². The highest BCUT2D eigenvalue weighted by molar-refractivity contribution is 5.94. The van der Waals surface area contributed by atoms with Crippen LogP contribution in [0, 0.1) is 13.8 Å². The highest BCUT2D eigenvalue weighted by Crippen LogP contribution is 2.26. The molecule has 1 amide bonds. The first-order valence-electron chi connectivity index (χ1n) is 9.78. The van der Waals surface area contributed by atoms with Gasteiger partial charge in [0.05, 0.1) is 24.9 Å². The van der Waals surface area contributed by atoms with Crippen molar-refractivity contribution in [3.05, 3.63) is 53.1 Å². The summed E-state index contributed by atoms with van der Waals surface area (Å²) in [5.74, 6) is 1.32. The second-order valence-electron chi connectivity index (χ2n) is 7.55. The summed E-state index contributed by atoms with van der Waals surface area (Å²) in [5, 5.41) is 4.25. The predicted molar refractivity (Wildman–Crippen MR) is 107 cm³/mol. The molecule has 1 aliphatic rings. The van der Waals surface area contributed by atoms with Crippen molar-refractivity contribution in [2.75, 3.05) is 19.7 Å². The molecule has 0 radical (unpaired) electrons. The zero-order valence-electron chi connectivity index (χ0n) is 17.1. The maximum Gasteiger partial charge on any atom is 0.254 e. The quantitative estimate of drug-likeness (QED) is 0.676. The zero-order valence-corrected chi connectivity index (χ0v) is 17.1. The standard InChI is InChI=1S/C21H25N5O3/c1-13(2)29-18-6-5-16(9-14(18)3)20(27)25-7-8-28-19(11-25)17-10-15(4)24-21-22-12-23-26(17)21/h5-6,9-10,12-13,19H,7-8,11H2,1-4H3. The Kier molecular flexibility index (Phi) is 5.19. The highest BCUT2D eigenvalue weighted by Gasteiger charge is 2.28. The van der Waals surface area contributed by atoms with Crippen LogP contribution in [-0.2, 0) is 4.74 Å². The molecule has 8 heteroatoms. The molecule has 0 saturated carbocycles. The topological polar surface area (TPSA) is 81.9 Å². The molecule has 3 aromatic rings. The largest absolute Gasteiger partial charge is 0.491 e. The Labute approximate surface area is 169 Å². The van der Waals surface area contributed by atoms with Gasteiger partial charge in [0, 0.05) is 17.8 Å². The number of carbonyl (C=O) groups excluding carboxylic acids is 1. The second-order valence-corrected chi connectivity index (χ2v) is 7.55. The third-order valence-electron chi connectivity index (χ3n) is 4.88. The lowest BCUT2D eigenvalue weighted by Crippen LogP contribution is -2.42. The van der Waals surface area contributed by atoms with Gasteiger partial charge in [-0.3, -0.25) is 4.79 Å². The predicted octanol–water partition coefficient (Wildman–Crippen LogP) is 2.74. The number of nitrogens with zero attached hydrogens (tertiary/aromatic N) is 5. The summed E-state index contributed by atoms with van der Waals surface area (Å²) >= 11 is 0. The van der Waals surface area contributed by atoms with E-state index in [0.717, 1.165) is 22.7 Å². The van der Waals surface area contributed by atoms with E-state index in [2.05, 4.69) is 15.1 Å². The van der Waals surface area contributed by atoms with Gasteiger partial charge in [-0.1, -0.05) is 0 Å². The third-order valence-corrected chi connectivity index (χ3v) is 4.88. The van der Waals surface area contributed by atoms with Crippen molar-refractivity contribution in [2.24, 2.45) is 0 Å². The normalized spacial score (nSPS) is 17.1. The number of rotatable bonds is 4. The number of carbonyl (C=O) groups is 1. The summed E-state index contributed by atoms with van der Waals surface area (Å²) in [7, 11) is 0. The van der Waals surface area contributed by atoms with Crippen LogP contribution in [-0.4, -0.2) is 56.2 Å². The Hall–Kier alpha value is -3.00. The molecule has 1 atom stereocenters. The number of hydrogen-bond acceptors (Lipinski definition) is 6. The molecule has 0 N–H and O–H groups in total. The molecule has 2 aromatic heterocycles. The number of aromatic nitrogens is 4. The smallest absolute Gasteiger partial charge is 0.254 e. The van der Waals surface area contributed by atoms with E-state index in [1.165, 1.54) is 6.33 Å². The number of aryl methyl sites for hydroxylation is 2. The van der Waals surface area contributed by atoms with E-state index < -0.39 is 0 Å². The van der Waals surface area contributed by atoms with Crippen LogP contribution in [0.4, 0.5) is 0 Å². The minimum absolute atomic E-state index is 0.0156. The van der Waals surface area contributed by atoms with Crippen molar-refractivity contribution < 1.29 is 14.3 Å². The number of morpholine rings is 1.